The van der Waals surface area contributed by atoms with Crippen LogP contribution >= 0.6 is 0 Å². The Balaban J connectivity index is 1.64. The molecule has 0 saturated carbocycles. The molecule has 10 heteroatoms. The summed E-state index contributed by atoms with van der Waals surface area (Å²) in [6, 6.07) is 39.2. The van der Waals surface area contributed by atoms with Crippen LogP contribution in [-0.2, 0) is 0 Å². The van der Waals surface area contributed by atoms with E-state index in [0.29, 0.717) is 0 Å². The summed E-state index contributed by atoms with van der Waals surface area (Å²) >= 11 is 0. The molecule has 0 aliphatic rings. The Hall–Kier alpha value is -4.95. The van der Waals surface area contributed by atoms with Crippen LogP contribution in [0.5, 0.6) is 0 Å². The van der Waals surface area contributed by atoms with Crippen LogP contribution in [0.25, 0.3) is 71.9 Å². The lowest BCUT2D eigenvalue weighted by atomic mass is 9.60. The van der Waals surface area contributed by atoms with Crippen molar-refractivity contribution in [1.29, 1.82) is 0 Å². The van der Waals surface area contributed by atoms with Crippen LogP contribution in [0.4, 0.5) is 0 Å². The predicted octanol–water partition coefficient (Wildman–Crippen LogP) is -3.60. The first-order valence-electron chi connectivity index (χ1n) is 17.3. The first kappa shape index (κ1) is 31.3. The molecule has 2 nitrogen and oxygen atoms in total. The summed E-state index contributed by atoms with van der Waals surface area (Å²) < 4.78 is 2.47. The van der Waals surface area contributed by atoms with Gasteiger partial charge in [0.05, 0.1) is 16.7 Å². The molecule has 0 saturated heterocycles. The van der Waals surface area contributed by atoms with E-state index in [0.717, 1.165) is 22.4 Å². The van der Waals surface area contributed by atoms with Crippen molar-refractivity contribution in [2.24, 2.45) is 0 Å². The van der Waals surface area contributed by atoms with Crippen LogP contribution in [0.1, 0.15) is 0 Å². The van der Waals surface area contributed by atoms with Crippen LogP contribution < -0.4 is 43.7 Å². The summed E-state index contributed by atoms with van der Waals surface area (Å²) in [6.07, 6.45) is 0. The number of hydrogen-bond acceptors (Lipinski definition) is 1. The highest BCUT2D eigenvalue weighted by Crippen LogP contribution is 2.41. The Kier molecular flexibility index (Phi) is 7.59. The number of hydrogen-bond donors (Lipinski definition) is 0. The number of benzene rings is 7. The average Bonchev–Trinajstić information content (AvgIpc) is 3.53. The second kappa shape index (κ2) is 11.9. The van der Waals surface area contributed by atoms with Gasteiger partial charge in [0.2, 0.25) is 0 Å². The number of aromatic nitrogens is 2. The van der Waals surface area contributed by atoms with Crippen molar-refractivity contribution in [2.45, 2.75) is 0 Å². The summed E-state index contributed by atoms with van der Waals surface area (Å²) in [4.78, 5) is 5.34. The van der Waals surface area contributed by atoms with Gasteiger partial charge in [-0.05, 0) is 55.9 Å². The fourth-order valence-corrected chi connectivity index (χ4v) is 8.10. The second-order valence-electron chi connectivity index (χ2n) is 13.8. The average molecular weight is 617 g/mol. The number of rotatable bonds is 4. The molecular weight excluding hydrogens is 583 g/mol. The van der Waals surface area contributed by atoms with Gasteiger partial charge in [0.25, 0.3) is 0 Å². The van der Waals surface area contributed by atoms with Gasteiger partial charge in [0.1, 0.15) is 68.6 Å². The Morgan fingerprint density at radius 1 is 0.367 bits per heavy atom. The zero-order valence-electron chi connectivity index (χ0n) is 29.8. The fraction of sp³-hybridized carbons (Fsp3) is 0. The predicted molar refractivity (Wildman–Crippen MR) is 238 cm³/mol. The molecule has 7 aromatic carbocycles. The Morgan fingerprint density at radius 3 is 1.31 bits per heavy atom. The maximum Gasteiger partial charge on any atom is 0.145 e. The molecule has 0 fully saturated rings. The zero-order valence-corrected chi connectivity index (χ0v) is 29.8. The highest BCUT2D eigenvalue weighted by Gasteiger charge is 2.27. The molecule has 0 unspecified atom stereocenters. The quantitative estimate of drug-likeness (QED) is 0.148. The Morgan fingerprint density at radius 2 is 0.776 bits per heavy atom. The molecule has 0 bridgehead atoms. The van der Waals surface area contributed by atoms with Gasteiger partial charge in [-0.1, -0.05) is 119 Å². The van der Waals surface area contributed by atoms with E-state index in [-0.39, 0.29) is 0 Å². The van der Waals surface area contributed by atoms with Crippen LogP contribution in [0.15, 0.2) is 109 Å². The van der Waals surface area contributed by atoms with Crippen LogP contribution in [0, 0.1) is 0 Å². The second-order valence-corrected chi connectivity index (χ2v) is 13.8. The van der Waals surface area contributed by atoms with E-state index in [9.17, 15) is 0 Å². The summed E-state index contributed by atoms with van der Waals surface area (Å²) in [7, 11) is 18.5. The van der Waals surface area contributed by atoms with Gasteiger partial charge in [-0.3, -0.25) is 4.57 Å². The Bertz CT molecular complexity index is 2540. The summed E-state index contributed by atoms with van der Waals surface area (Å²) in [5.41, 5.74) is 20.2. The summed E-state index contributed by atoms with van der Waals surface area (Å²) in [5.74, 6) is 0.968. The summed E-state index contributed by atoms with van der Waals surface area (Å²) in [6.45, 7) is 0. The summed E-state index contributed by atoms with van der Waals surface area (Å²) in [5, 5.41) is 5.28. The van der Waals surface area contributed by atoms with Crippen molar-refractivity contribution >= 4 is 139 Å². The monoisotopic (exact) mass is 618 g/mol. The van der Waals surface area contributed by atoms with Crippen LogP contribution in [0.3, 0.4) is 0 Å². The highest BCUT2D eigenvalue weighted by molar-refractivity contribution is 6.71. The molecule has 224 valence electrons. The van der Waals surface area contributed by atoms with E-state index in [2.05, 4.69) is 177 Å². The normalized spacial score (nSPS) is 11.5. The van der Waals surface area contributed by atoms with Gasteiger partial charge in [-0.25, -0.2) is 4.98 Å². The van der Waals surface area contributed by atoms with Crippen LogP contribution in [-0.4, -0.2) is 72.3 Å². The molecule has 0 amide bonds. The number of fused-ring (bicyclic) bond motifs is 3. The van der Waals surface area contributed by atoms with Gasteiger partial charge >= 0.3 is 0 Å². The van der Waals surface area contributed by atoms with E-state index in [4.69, 9.17) is 4.98 Å². The SMILES string of the molecule is Bc1c(B)c(B)c2c(-n3c(-c4ccccc4)nc4ccccc43)c3c(B)c(B)c(B)c(B)c3c(-c3ccc(-c4ccccc4)cc3)c2c1B. The van der Waals surface area contributed by atoms with E-state index < -0.39 is 0 Å². The van der Waals surface area contributed by atoms with Crippen molar-refractivity contribution in [3.8, 4) is 39.3 Å². The Labute approximate surface area is 296 Å². The van der Waals surface area contributed by atoms with E-state index in [1.54, 1.807) is 0 Å². The molecule has 8 aromatic rings. The van der Waals surface area contributed by atoms with Crippen molar-refractivity contribution < 1.29 is 0 Å². The van der Waals surface area contributed by atoms with Gasteiger partial charge < -0.3 is 0 Å². The third-order valence-corrected chi connectivity index (χ3v) is 11.4. The molecule has 1 heterocycles. The topological polar surface area (TPSA) is 17.8 Å². The minimum absolute atomic E-state index is 0.968. The first-order chi connectivity index (χ1) is 23.7. The lowest BCUT2D eigenvalue weighted by Gasteiger charge is -2.29. The maximum atomic E-state index is 5.34. The molecule has 0 atom stereocenters. The van der Waals surface area contributed by atoms with Gasteiger partial charge in [0, 0.05) is 5.56 Å². The third-order valence-electron chi connectivity index (χ3n) is 11.4. The number of para-hydroxylation sites is 2. The van der Waals surface area contributed by atoms with Crippen molar-refractivity contribution in [1.82, 2.24) is 9.55 Å². The number of nitrogens with zero attached hydrogens (tertiary/aromatic N) is 2. The molecule has 0 radical (unpaired) electrons. The first-order valence-corrected chi connectivity index (χ1v) is 17.3. The molecule has 8 rings (SSSR count). The molecule has 0 spiro atoms. The van der Waals surface area contributed by atoms with E-state index in [1.807, 2.05) is 0 Å². The van der Waals surface area contributed by atoms with Crippen molar-refractivity contribution in [3.63, 3.8) is 0 Å². The lowest BCUT2D eigenvalue weighted by Crippen LogP contribution is -2.50. The zero-order chi connectivity index (χ0) is 34.1. The highest BCUT2D eigenvalue weighted by atomic mass is 15.1. The standard InChI is InChI=1S/C39H34B8N2/c40-30-26-25(21-17-15-20(16-18-21)19-9-3-1-4-10-19)27-29(33(43)37(47)35(45)31(27)41)38(28(26)32(42)36(46)34(30)44)49-24-14-8-7-13-23(24)48-39(49)22-11-5-2-6-12-22/h1-18H,40-47H2. The maximum absolute atomic E-state index is 5.34. The molecule has 0 N–H and O–H groups in total. The molecule has 49 heavy (non-hydrogen) atoms. The largest absolute Gasteiger partial charge is 0.291 e. The van der Waals surface area contributed by atoms with Gasteiger partial charge in [-0.15, -0.1) is 21.9 Å². The van der Waals surface area contributed by atoms with Gasteiger partial charge in [-0.2, -0.15) is 0 Å². The van der Waals surface area contributed by atoms with Gasteiger partial charge in [0.15, 0.2) is 0 Å². The molecule has 1 aromatic heterocycles. The molecule has 0 aliphatic carbocycles. The van der Waals surface area contributed by atoms with Crippen molar-refractivity contribution in [2.75, 3.05) is 0 Å². The van der Waals surface area contributed by atoms with E-state index >= 15 is 0 Å². The van der Waals surface area contributed by atoms with Crippen LogP contribution in [0.2, 0.25) is 0 Å². The van der Waals surface area contributed by atoms with E-state index in [1.165, 1.54) is 93.2 Å². The van der Waals surface area contributed by atoms with Crippen molar-refractivity contribution in [3.05, 3.63) is 109 Å². The molecular formula is C39H34B8N2. The third kappa shape index (κ3) is 4.71. The smallest absolute Gasteiger partial charge is 0.145 e. The minimum Gasteiger partial charge on any atom is -0.291 e. The lowest BCUT2D eigenvalue weighted by molar-refractivity contribution is 1.13. The fourth-order valence-electron chi connectivity index (χ4n) is 8.10. The molecule has 0 aliphatic heterocycles. The number of imidazole rings is 1. The minimum atomic E-state index is 0.968.